The van der Waals surface area contributed by atoms with Gasteiger partial charge in [-0.2, -0.15) is 0 Å². The van der Waals surface area contributed by atoms with Crippen LogP contribution in [-0.4, -0.2) is 35.6 Å². The van der Waals surface area contributed by atoms with E-state index in [0.29, 0.717) is 12.0 Å². The Morgan fingerprint density at radius 3 is 2.86 bits per heavy atom. The van der Waals surface area contributed by atoms with Gasteiger partial charge in [-0.15, -0.1) is 0 Å². The summed E-state index contributed by atoms with van der Waals surface area (Å²) in [6, 6.07) is 0.155. The van der Waals surface area contributed by atoms with E-state index >= 15 is 0 Å². The molecule has 3 rings (SSSR count). The maximum Gasteiger partial charge on any atom is 0.315 e. The van der Waals surface area contributed by atoms with Crippen molar-refractivity contribution in [1.82, 2.24) is 10.2 Å². The van der Waals surface area contributed by atoms with Crippen molar-refractivity contribution in [3.05, 3.63) is 0 Å². The van der Waals surface area contributed by atoms with Crippen LogP contribution in [0.1, 0.15) is 25.7 Å². The number of nitrogens with zero attached hydrogens (tertiary/aromatic N) is 1. The lowest BCUT2D eigenvalue weighted by Crippen LogP contribution is -2.64. The van der Waals surface area contributed by atoms with Crippen molar-refractivity contribution in [2.45, 2.75) is 37.3 Å². The smallest absolute Gasteiger partial charge is 0.315 e. The standard InChI is InChI=1S/C10H17N3O/c11-9(14)13-8-3-4-10(13,6-12-5-8)7-1-2-7/h7-8,12H,1-6H2,(H2,11,14). The van der Waals surface area contributed by atoms with Gasteiger partial charge in [0.05, 0.1) is 5.54 Å². The third kappa shape index (κ3) is 0.947. The van der Waals surface area contributed by atoms with Crippen LogP contribution in [0.2, 0.25) is 0 Å². The molecular weight excluding hydrogens is 178 g/mol. The average molecular weight is 195 g/mol. The summed E-state index contributed by atoms with van der Waals surface area (Å²) in [7, 11) is 0. The van der Waals surface area contributed by atoms with Gasteiger partial charge in [-0.05, 0) is 31.6 Å². The summed E-state index contributed by atoms with van der Waals surface area (Å²) in [5.41, 5.74) is 5.59. The number of carbonyl (C=O) groups excluding carboxylic acids is 1. The second kappa shape index (κ2) is 2.63. The van der Waals surface area contributed by atoms with Gasteiger partial charge >= 0.3 is 6.03 Å². The zero-order chi connectivity index (χ0) is 9.76. The number of piperazine rings is 1. The number of carbonyl (C=O) groups is 1. The van der Waals surface area contributed by atoms with E-state index in [4.69, 9.17) is 5.73 Å². The zero-order valence-corrected chi connectivity index (χ0v) is 8.33. The maximum absolute atomic E-state index is 11.5. The molecule has 1 aliphatic carbocycles. The topological polar surface area (TPSA) is 58.4 Å². The Hall–Kier alpha value is -0.770. The maximum atomic E-state index is 11.5. The fourth-order valence-corrected chi connectivity index (χ4v) is 3.42. The van der Waals surface area contributed by atoms with Crippen molar-refractivity contribution in [3.8, 4) is 0 Å². The van der Waals surface area contributed by atoms with Crippen molar-refractivity contribution >= 4 is 6.03 Å². The first kappa shape index (κ1) is 8.53. The van der Waals surface area contributed by atoms with Crippen LogP contribution in [0.25, 0.3) is 0 Å². The molecule has 4 nitrogen and oxygen atoms in total. The molecule has 2 bridgehead atoms. The van der Waals surface area contributed by atoms with E-state index in [-0.39, 0.29) is 11.6 Å². The number of hydrogen-bond acceptors (Lipinski definition) is 2. The number of urea groups is 1. The van der Waals surface area contributed by atoms with E-state index in [1.807, 2.05) is 4.90 Å². The number of hydrogen-bond donors (Lipinski definition) is 2. The first-order valence-corrected chi connectivity index (χ1v) is 5.53. The van der Waals surface area contributed by atoms with Crippen LogP contribution < -0.4 is 11.1 Å². The average Bonchev–Trinajstić information content (AvgIpc) is 2.94. The first-order chi connectivity index (χ1) is 6.74. The van der Waals surface area contributed by atoms with Crippen LogP contribution in [0.3, 0.4) is 0 Å². The SMILES string of the molecule is NC(=O)N1C2CCC1(C1CC1)CNC2. The van der Waals surface area contributed by atoms with Crippen LogP contribution >= 0.6 is 0 Å². The van der Waals surface area contributed by atoms with Gasteiger partial charge in [0, 0.05) is 19.1 Å². The Morgan fingerprint density at radius 2 is 2.21 bits per heavy atom. The van der Waals surface area contributed by atoms with Crippen molar-refractivity contribution < 1.29 is 4.79 Å². The summed E-state index contributed by atoms with van der Waals surface area (Å²) in [6.07, 6.45) is 4.83. The quantitative estimate of drug-likeness (QED) is 0.631. The van der Waals surface area contributed by atoms with Gasteiger partial charge in [0.2, 0.25) is 0 Å². The third-order valence-electron chi connectivity index (χ3n) is 4.14. The Morgan fingerprint density at radius 1 is 1.43 bits per heavy atom. The molecule has 3 aliphatic rings. The highest BCUT2D eigenvalue weighted by Crippen LogP contribution is 2.51. The van der Waals surface area contributed by atoms with Crippen LogP contribution in [0, 0.1) is 5.92 Å². The molecule has 2 atom stereocenters. The second-order valence-corrected chi connectivity index (χ2v) is 4.91. The first-order valence-electron chi connectivity index (χ1n) is 5.53. The minimum absolute atomic E-state index is 0.0920. The molecule has 3 N–H and O–H groups in total. The molecule has 2 heterocycles. The summed E-state index contributed by atoms with van der Waals surface area (Å²) in [5, 5.41) is 3.44. The summed E-state index contributed by atoms with van der Waals surface area (Å²) in [6.45, 7) is 1.88. The molecule has 0 aromatic carbocycles. The molecule has 2 amide bonds. The molecule has 0 spiro atoms. The van der Waals surface area contributed by atoms with Crippen molar-refractivity contribution in [2.24, 2.45) is 11.7 Å². The molecule has 2 unspecified atom stereocenters. The molecule has 0 aromatic heterocycles. The molecular formula is C10H17N3O. The Bertz CT molecular complexity index is 273. The van der Waals surface area contributed by atoms with Crippen LogP contribution in [0.5, 0.6) is 0 Å². The van der Waals surface area contributed by atoms with Crippen molar-refractivity contribution in [2.75, 3.05) is 13.1 Å². The van der Waals surface area contributed by atoms with Gasteiger partial charge in [-0.25, -0.2) is 4.79 Å². The van der Waals surface area contributed by atoms with E-state index in [1.54, 1.807) is 0 Å². The highest BCUT2D eigenvalue weighted by molar-refractivity contribution is 5.74. The molecule has 4 heteroatoms. The molecule has 3 fully saturated rings. The van der Waals surface area contributed by atoms with Gasteiger partial charge in [-0.3, -0.25) is 0 Å². The van der Waals surface area contributed by atoms with E-state index in [2.05, 4.69) is 5.32 Å². The highest BCUT2D eigenvalue weighted by Gasteiger charge is 2.57. The number of fused-ring (bicyclic) bond motifs is 2. The number of nitrogens with two attached hydrogens (primary N) is 1. The minimum Gasteiger partial charge on any atom is -0.351 e. The summed E-state index contributed by atoms with van der Waals surface area (Å²) in [5.74, 6) is 0.716. The van der Waals surface area contributed by atoms with Crippen molar-refractivity contribution in [3.63, 3.8) is 0 Å². The van der Waals surface area contributed by atoms with Crippen molar-refractivity contribution in [1.29, 1.82) is 0 Å². The monoisotopic (exact) mass is 195 g/mol. The predicted molar refractivity (Wildman–Crippen MR) is 52.8 cm³/mol. The zero-order valence-electron chi connectivity index (χ0n) is 8.33. The molecule has 78 valence electrons. The normalized spacial score (nSPS) is 41.4. The predicted octanol–water partition coefficient (Wildman–Crippen LogP) is 0.282. The fraction of sp³-hybridized carbons (Fsp3) is 0.900. The highest BCUT2D eigenvalue weighted by atomic mass is 16.2. The Balaban J connectivity index is 1.95. The fourth-order valence-electron chi connectivity index (χ4n) is 3.42. The Kier molecular flexibility index (Phi) is 1.60. The van der Waals surface area contributed by atoms with Crippen LogP contribution in [0.4, 0.5) is 4.79 Å². The Labute approximate surface area is 83.8 Å². The van der Waals surface area contributed by atoms with E-state index in [0.717, 1.165) is 25.9 Å². The summed E-state index contributed by atoms with van der Waals surface area (Å²) >= 11 is 0. The molecule has 2 aliphatic heterocycles. The molecule has 14 heavy (non-hydrogen) atoms. The van der Waals surface area contributed by atoms with E-state index in [1.165, 1.54) is 12.8 Å². The molecule has 1 saturated carbocycles. The van der Waals surface area contributed by atoms with E-state index in [9.17, 15) is 4.79 Å². The van der Waals surface area contributed by atoms with Gasteiger partial charge in [0.1, 0.15) is 0 Å². The summed E-state index contributed by atoms with van der Waals surface area (Å²) in [4.78, 5) is 13.5. The molecule has 2 saturated heterocycles. The van der Waals surface area contributed by atoms with E-state index < -0.39 is 0 Å². The van der Waals surface area contributed by atoms with Crippen LogP contribution in [0.15, 0.2) is 0 Å². The summed E-state index contributed by atoms with van der Waals surface area (Å²) < 4.78 is 0. The largest absolute Gasteiger partial charge is 0.351 e. The van der Waals surface area contributed by atoms with Gasteiger partial charge in [0.25, 0.3) is 0 Å². The number of primary amides is 1. The number of rotatable bonds is 1. The van der Waals surface area contributed by atoms with Gasteiger partial charge < -0.3 is 16.0 Å². The lowest BCUT2D eigenvalue weighted by Gasteiger charge is -2.44. The second-order valence-electron chi connectivity index (χ2n) is 4.91. The third-order valence-corrected chi connectivity index (χ3v) is 4.14. The van der Waals surface area contributed by atoms with Gasteiger partial charge in [-0.1, -0.05) is 0 Å². The lowest BCUT2D eigenvalue weighted by molar-refractivity contribution is 0.0846. The molecule has 0 aromatic rings. The number of nitrogens with one attached hydrogen (secondary N) is 1. The van der Waals surface area contributed by atoms with Crippen LogP contribution in [-0.2, 0) is 0 Å². The number of amides is 2. The molecule has 0 radical (unpaired) electrons. The van der Waals surface area contributed by atoms with Gasteiger partial charge in [0.15, 0.2) is 0 Å². The lowest BCUT2D eigenvalue weighted by atomic mass is 9.90. The minimum atomic E-state index is -0.207.